The smallest absolute Gasteiger partial charge is 0.0534 e. The molecule has 0 heterocycles. The van der Waals surface area contributed by atoms with E-state index < -0.39 is 0 Å². The van der Waals surface area contributed by atoms with Crippen LogP contribution in [0, 0.1) is 5.92 Å². The second-order valence-corrected chi connectivity index (χ2v) is 4.93. The highest BCUT2D eigenvalue weighted by atomic mass is 16.3. The number of aliphatic hydroxyl groups excluding tert-OH is 1. The summed E-state index contributed by atoms with van der Waals surface area (Å²) in [5.74, 6) is 1.88. The van der Waals surface area contributed by atoms with Gasteiger partial charge in [-0.3, -0.25) is 0 Å². The fourth-order valence-corrected chi connectivity index (χ4v) is 2.14. The first-order valence-electron chi connectivity index (χ1n) is 6.32. The predicted molar refractivity (Wildman–Crippen MR) is 67.5 cm³/mol. The van der Waals surface area contributed by atoms with Gasteiger partial charge in [-0.15, -0.1) is 0 Å². The van der Waals surface area contributed by atoms with Crippen LogP contribution < -0.4 is 0 Å². The van der Waals surface area contributed by atoms with E-state index in [9.17, 15) is 5.11 Å². The van der Waals surface area contributed by atoms with Gasteiger partial charge in [0.25, 0.3) is 0 Å². The van der Waals surface area contributed by atoms with Crippen molar-refractivity contribution in [3.05, 3.63) is 40.8 Å². The normalized spacial score (nSPS) is 15.8. The number of rotatable bonds is 5. The lowest BCUT2D eigenvalue weighted by Crippen LogP contribution is -2.02. The van der Waals surface area contributed by atoms with Crippen LogP contribution in [0.4, 0.5) is 0 Å². The van der Waals surface area contributed by atoms with Crippen LogP contribution in [0.15, 0.2) is 18.2 Å². The third-order valence-electron chi connectivity index (χ3n) is 3.33. The van der Waals surface area contributed by atoms with Gasteiger partial charge in [-0.05, 0) is 41.9 Å². The Morgan fingerprint density at radius 1 is 1.31 bits per heavy atom. The minimum atomic E-state index is 0.166. The molecule has 0 bridgehead atoms. The molecule has 0 unspecified atom stereocenters. The second-order valence-electron chi connectivity index (χ2n) is 4.93. The highest BCUT2D eigenvalue weighted by Gasteiger charge is 2.24. The maximum atomic E-state index is 9.22. The van der Waals surface area contributed by atoms with Gasteiger partial charge in [0.15, 0.2) is 0 Å². The van der Waals surface area contributed by atoms with Gasteiger partial charge in [0.05, 0.1) is 6.61 Å². The first-order valence-corrected chi connectivity index (χ1v) is 6.32. The number of hydrogen-bond donors (Lipinski definition) is 1. The van der Waals surface area contributed by atoms with Gasteiger partial charge in [0, 0.05) is 5.92 Å². The molecule has 1 aromatic rings. The third kappa shape index (κ3) is 2.65. The lowest BCUT2D eigenvalue weighted by atomic mass is 9.94. The molecule has 1 radical (unpaired) electrons. The first-order chi connectivity index (χ1) is 7.74. The van der Waals surface area contributed by atoms with E-state index in [-0.39, 0.29) is 6.61 Å². The van der Waals surface area contributed by atoms with Gasteiger partial charge in [-0.2, -0.15) is 0 Å². The Hall–Kier alpha value is -0.820. The lowest BCUT2D eigenvalue weighted by Gasteiger charge is -2.12. The van der Waals surface area contributed by atoms with E-state index in [1.807, 2.05) is 6.92 Å². The van der Waals surface area contributed by atoms with Gasteiger partial charge < -0.3 is 5.11 Å². The van der Waals surface area contributed by atoms with Gasteiger partial charge >= 0.3 is 0 Å². The zero-order valence-corrected chi connectivity index (χ0v) is 10.3. The van der Waals surface area contributed by atoms with Crippen molar-refractivity contribution in [2.75, 3.05) is 6.61 Å². The van der Waals surface area contributed by atoms with E-state index >= 15 is 0 Å². The predicted octanol–water partition coefficient (Wildman–Crippen LogP) is 3.45. The molecule has 1 N–H and O–H groups in total. The molecule has 0 atom stereocenters. The largest absolute Gasteiger partial charge is 0.395 e. The van der Waals surface area contributed by atoms with Crippen LogP contribution in [0.3, 0.4) is 0 Å². The summed E-state index contributed by atoms with van der Waals surface area (Å²) < 4.78 is 0. The molecule has 0 saturated heterocycles. The van der Waals surface area contributed by atoms with Gasteiger partial charge in [-0.25, -0.2) is 0 Å². The summed E-state index contributed by atoms with van der Waals surface area (Å²) in [6, 6.07) is 6.86. The van der Waals surface area contributed by atoms with E-state index in [4.69, 9.17) is 0 Å². The molecule has 1 nitrogen and oxygen atoms in total. The topological polar surface area (TPSA) is 20.2 Å². The van der Waals surface area contributed by atoms with Gasteiger partial charge in [0.1, 0.15) is 0 Å². The Morgan fingerprint density at radius 3 is 2.62 bits per heavy atom. The first kappa shape index (κ1) is 11.7. The van der Waals surface area contributed by atoms with Crippen molar-refractivity contribution >= 4 is 0 Å². The van der Waals surface area contributed by atoms with Gasteiger partial charge in [-0.1, -0.05) is 38.5 Å². The fraction of sp³-hybridized carbons (Fsp3) is 0.533. The summed E-state index contributed by atoms with van der Waals surface area (Å²) in [5, 5.41) is 9.22. The number of aliphatic hydroxyl groups is 1. The summed E-state index contributed by atoms with van der Waals surface area (Å²) in [5.41, 5.74) is 4.14. The molecule has 1 aliphatic rings. The highest BCUT2D eigenvalue weighted by Crippen LogP contribution is 2.41. The monoisotopic (exact) mass is 217 g/mol. The molecule has 0 amide bonds. The molecule has 1 heteroatoms. The summed E-state index contributed by atoms with van der Waals surface area (Å²) in [7, 11) is 0. The minimum Gasteiger partial charge on any atom is -0.395 e. The van der Waals surface area contributed by atoms with Crippen LogP contribution in [-0.2, 0) is 6.42 Å². The Labute approximate surface area is 98.5 Å². The fourth-order valence-electron chi connectivity index (χ4n) is 2.14. The third-order valence-corrected chi connectivity index (χ3v) is 3.33. The number of benzene rings is 1. The van der Waals surface area contributed by atoms with Crippen molar-refractivity contribution < 1.29 is 5.11 Å². The van der Waals surface area contributed by atoms with Crippen molar-refractivity contribution in [1.29, 1.82) is 0 Å². The zero-order valence-electron chi connectivity index (χ0n) is 10.3. The van der Waals surface area contributed by atoms with Crippen molar-refractivity contribution in [1.82, 2.24) is 0 Å². The van der Waals surface area contributed by atoms with E-state index in [1.54, 1.807) is 0 Å². The average molecular weight is 217 g/mol. The van der Waals surface area contributed by atoms with Crippen molar-refractivity contribution in [3.63, 3.8) is 0 Å². The van der Waals surface area contributed by atoms with Crippen molar-refractivity contribution in [2.45, 2.75) is 45.4 Å². The van der Waals surface area contributed by atoms with E-state index in [1.165, 1.54) is 36.0 Å². The zero-order chi connectivity index (χ0) is 11.5. The standard InChI is InChI=1S/C15H21O/c1-3-4-12-7-14(11(2)10-16)9-15(8-12)13-5-6-13/h7-9,13,16H,3-6,10H2,1-2H3. The second kappa shape index (κ2) is 5.01. The molecular formula is C15H21O. The Kier molecular flexibility index (Phi) is 3.65. The molecule has 1 aromatic carbocycles. The highest BCUT2D eigenvalue weighted by molar-refractivity contribution is 5.40. The van der Waals surface area contributed by atoms with E-state index in [2.05, 4.69) is 25.1 Å². The summed E-state index contributed by atoms with van der Waals surface area (Å²) in [6.45, 7) is 4.40. The SMILES string of the molecule is CCCc1cc([C](C)CO)cc(C2CC2)c1. The van der Waals surface area contributed by atoms with Crippen LogP contribution in [0.2, 0.25) is 0 Å². The molecule has 2 rings (SSSR count). The molecule has 0 aromatic heterocycles. The number of aryl methyl sites for hydroxylation is 1. The molecule has 87 valence electrons. The average Bonchev–Trinajstić information content (AvgIpc) is 3.12. The maximum absolute atomic E-state index is 9.22. The van der Waals surface area contributed by atoms with Crippen LogP contribution >= 0.6 is 0 Å². The minimum absolute atomic E-state index is 0.166. The van der Waals surface area contributed by atoms with Crippen LogP contribution in [-0.4, -0.2) is 11.7 Å². The molecular weight excluding hydrogens is 196 g/mol. The Balaban J connectivity index is 2.28. The van der Waals surface area contributed by atoms with Crippen LogP contribution in [0.5, 0.6) is 0 Å². The lowest BCUT2D eigenvalue weighted by molar-refractivity contribution is 0.315. The summed E-state index contributed by atoms with van der Waals surface area (Å²) in [4.78, 5) is 0. The van der Waals surface area contributed by atoms with Crippen molar-refractivity contribution in [3.8, 4) is 0 Å². The van der Waals surface area contributed by atoms with Crippen LogP contribution in [0.1, 0.15) is 55.7 Å². The maximum Gasteiger partial charge on any atom is 0.0534 e. The van der Waals surface area contributed by atoms with E-state index in [0.717, 1.165) is 18.3 Å². The van der Waals surface area contributed by atoms with Crippen LogP contribution in [0.25, 0.3) is 0 Å². The molecule has 0 aliphatic heterocycles. The van der Waals surface area contributed by atoms with Crippen molar-refractivity contribution in [2.24, 2.45) is 0 Å². The molecule has 1 aliphatic carbocycles. The molecule has 0 spiro atoms. The van der Waals surface area contributed by atoms with E-state index in [0.29, 0.717) is 0 Å². The molecule has 1 fully saturated rings. The Bertz CT molecular complexity index is 352. The molecule has 16 heavy (non-hydrogen) atoms. The molecule has 1 saturated carbocycles. The Morgan fingerprint density at radius 2 is 2.06 bits per heavy atom. The number of hydrogen-bond acceptors (Lipinski definition) is 1. The summed E-state index contributed by atoms with van der Waals surface area (Å²) >= 11 is 0. The summed E-state index contributed by atoms with van der Waals surface area (Å²) in [6.07, 6.45) is 5.01. The quantitative estimate of drug-likeness (QED) is 0.801. The van der Waals surface area contributed by atoms with Gasteiger partial charge in [0.2, 0.25) is 0 Å².